The minimum Gasteiger partial charge on any atom is -0.454 e. The summed E-state index contributed by atoms with van der Waals surface area (Å²) in [5.74, 6) is -1.23. The number of rotatable bonds is 59. The Balaban J connectivity index is 2.58. The molecule has 0 aromatic rings. The lowest BCUT2D eigenvalue weighted by Gasteiger charge is -2.41. The van der Waals surface area contributed by atoms with Crippen molar-refractivity contribution >= 4 is 11.9 Å². The van der Waals surface area contributed by atoms with E-state index < -0.39 is 67.4 Å². The average Bonchev–Trinajstić information content (AvgIpc) is 3.59. The number of carbonyl (C=O) groups is 2. The van der Waals surface area contributed by atoms with Crippen molar-refractivity contribution in [1.82, 2.24) is 5.32 Å². The van der Waals surface area contributed by atoms with Gasteiger partial charge in [0, 0.05) is 6.42 Å². The quantitative estimate of drug-likeness (QED) is 0.0195. The molecule has 11 nitrogen and oxygen atoms in total. The fourth-order valence-electron chi connectivity index (χ4n) is 10.4. The first-order chi connectivity index (χ1) is 42.2. The third-order valence-electron chi connectivity index (χ3n) is 15.9. The summed E-state index contributed by atoms with van der Waals surface area (Å²) < 4.78 is 17.7. The third kappa shape index (κ3) is 48.3. The van der Waals surface area contributed by atoms with E-state index in [1.54, 1.807) is 6.08 Å². The van der Waals surface area contributed by atoms with E-state index in [0.717, 1.165) is 103 Å². The summed E-state index contributed by atoms with van der Waals surface area (Å²) in [6.07, 6.45) is 74.2. The van der Waals surface area contributed by atoms with Crippen LogP contribution in [0.2, 0.25) is 0 Å². The first-order valence-electron chi connectivity index (χ1n) is 35.2. The van der Waals surface area contributed by atoms with E-state index in [1.165, 1.54) is 141 Å². The van der Waals surface area contributed by atoms with E-state index in [-0.39, 0.29) is 19.4 Å². The van der Waals surface area contributed by atoms with Crippen LogP contribution in [0, 0.1) is 0 Å². The van der Waals surface area contributed by atoms with Gasteiger partial charge in [-0.3, -0.25) is 9.59 Å². The summed E-state index contributed by atoms with van der Waals surface area (Å²) in [7, 11) is 0. The second kappa shape index (κ2) is 61.6. The lowest BCUT2D eigenvalue weighted by atomic mass is 9.99. The molecule has 0 bridgehead atoms. The molecule has 0 aliphatic carbocycles. The van der Waals surface area contributed by atoms with Gasteiger partial charge in [-0.05, 0) is 109 Å². The van der Waals surface area contributed by atoms with Crippen LogP contribution in [-0.4, -0.2) is 99.6 Å². The predicted octanol–water partition coefficient (Wildman–Crippen LogP) is 18.0. The molecule has 8 atom stereocenters. The zero-order chi connectivity index (χ0) is 62.4. The fraction of sp³-hybridized carbons (Fsp3) is 0.733. The van der Waals surface area contributed by atoms with E-state index in [4.69, 9.17) is 14.2 Å². The van der Waals surface area contributed by atoms with Gasteiger partial charge in [-0.1, -0.05) is 284 Å². The van der Waals surface area contributed by atoms with Crippen molar-refractivity contribution in [1.29, 1.82) is 0 Å². The minimum absolute atomic E-state index is 0.114. The van der Waals surface area contributed by atoms with Gasteiger partial charge in [-0.15, -0.1) is 0 Å². The Morgan fingerprint density at radius 2 is 0.837 bits per heavy atom. The van der Waals surface area contributed by atoms with Crippen LogP contribution < -0.4 is 5.32 Å². The molecule has 0 aromatic carbocycles. The molecule has 11 heteroatoms. The van der Waals surface area contributed by atoms with E-state index in [9.17, 15) is 35.1 Å². The molecule has 0 spiro atoms. The SMILES string of the molecule is CC/C=C\C/C=C\C/C=C\C/C=C\C/C=C\CCCCC(O)C(=O)NC(COC1OC(CO)C(O)C(O)C1OC(=O)CCCCCCCCCCCCCCCC/C=C\C/C=C\C/C=C\CCCCC)C(O)/C=C/CCCCCCCCCCCC. The molecule has 1 fully saturated rings. The second-order valence-corrected chi connectivity index (χ2v) is 23.9. The van der Waals surface area contributed by atoms with Gasteiger partial charge < -0.3 is 45.1 Å². The first kappa shape index (κ1) is 80.3. The normalized spacial score (nSPS) is 19.0. The van der Waals surface area contributed by atoms with Crippen molar-refractivity contribution < 1.29 is 49.3 Å². The Bertz CT molecular complexity index is 1820. The van der Waals surface area contributed by atoms with Crippen LogP contribution in [0.15, 0.2) is 109 Å². The summed E-state index contributed by atoms with van der Waals surface area (Å²) in [5, 5.41) is 57.2. The van der Waals surface area contributed by atoms with Gasteiger partial charge in [0.15, 0.2) is 12.4 Å². The van der Waals surface area contributed by atoms with Gasteiger partial charge in [-0.25, -0.2) is 0 Å². The van der Waals surface area contributed by atoms with Crippen LogP contribution in [0.3, 0.4) is 0 Å². The van der Waals surface area contributed by atoms with E-state index in [1.807, 2.05) is 6.08 Å². The Hall–Kier alpha value is -3.68. The van der Waals surface area contributed by atoms with E-state index >= 15 is 0 Å². The van der Waals surface area contributed by atoms with Crippen molar-refractivity contribution in [2.24, 2.45) is 0 Å². The number of allylic oxidation sites excluding steroid dienone is 17. The maximum Gasteiger partial charge on any atom is 0.306 e. The molecule has 1 aliphatic heterocycles. The monoisotopic (exact) mass is 1200 g/mol. The maximum atomic E-state index is 13.4. The molecule has 1 aliphatic rings. The highest BCUT2D eigenvalue weighted by molar-refractivity contribution is 5.80. The van der Waals surface area contributed by atoms with Gasteiger partial charge in [0.1, 0.15) is 24.4 Å². The van der Waals surface area contributed by atoms with Crippen molar-refractivity contribution in [3.8, 4) is 0 Å². The minimum atomic E-state index is -1.63. The highest BCUT2D eigenvalue weighted by Crippen LogP contribution is 2.26. The summed E-state index contributed by atoms with van der Waals surface area (Å²) in [6.45, 7) is 5.64. The number of hydrogen-bond donors (Lipinski definition) is 6. The van der Waals surface area contributed by atoms with Crippen molar-refractivity contribution in [2.45, 2.75) is 339 Å². The Labute approximate surface area is 526 Å². The standard InChI is InChI=1S/C75H129NO10/c1-4-7-10-13-16-19-22-25-27-29-31-32-33-34-35-36-37-38-39-41-43-45-48-51-54-57-60-63-70(80)86-73-72(82)71(81)69(64-77)85-75(73)84-65-66(67(78)61-58-55-52-49-46-24-21-18-15-12-9-6-3)76-74(83)68(79)62-59-56-53-50-47-44-42-40-30-28-26-23-20-17-14-11-8-5-2/h8,11,16-17,19-20,25-28,31-32,40,42,47,50,58,61,66-69,71-73,75,77-79,81-82H,4-7,9-10,12-15,18,21-24,29-30,33-39,41,43-46,48-49,51-57,59-60,62-65H2,1-3H3,(H,76,83)/b11-8-,19-16-,20-17-,27-25-,28-26-,32-31-,42-40-,50-47-,61-58+. The van der Waals surface area contributed by atoms with Gasteiger partial charge in [-0.2, -0.15) is 0 Å². The van der Waals surface area contributed by atoms with E-state index in [2.05, 4.69) is 123 Å². The Kier molecular flexibility index (Phi) is 57.5. The fourth-order valence-corrected chi connectivity index (χ4v) is 10.4. The maximum absolute atomic E-state index is 13.4. The molecular formula is C75H129NO10. The third-order valence-corrected chi connectivity index (χ3v) is 15.9. The number of nitrogens with one attached hydrogen (secondary N) is 1. The lowest BCUT2D eigenvalue weighted by molar-refractivity contribution is -0.305. The first-order valence-corrected chi connectivity index (χ1v) is 35.2. The zero-order valence-corrected chi connectivity index (χ0v) is 54.9. The van der Waals surface area contributed by atoms with Gasteiger partial charge >= 0.3 is 5.97 Å². The molecule has 1 heterocycles. The molecule has 1 amide bonds. The molecule has 494 valence electrons. The molecule has 8 unspecified atom stereocenters. The zero-order valence-electron chi connectivity index (χ0n) is 54.9. The number of aliphatic hydroxyl groups is 5. The Morgan fingerprint density at radius 1 is 0.465 bits per heavy atom. The molecule has 0 radical (unpaired) electrons. The van der Waals surface area contributed by atoms with Crippen LogP contribution in [0.5, 0.6) is 0 Å². The summed E-state index contributed by atoms with van der Waals surface area (Å²) >= 11 is 0. The smallest absolute Gasteiger partial charge is 0.306 e. The number of aliphatic hydroxyl groups excluding tert-OH is 5. The summed E-state index contributed by atoms with van der Waals surface area (Å²) in [4.78, 5) is 26.7. The van der Waals surface area contributed by atoms with Gasteiger partial charge in [0.25, 0.3) is 0 Å². The van der Waals surface area contributed by atoms with Crippen LogP contribution in [0.4, 0.5) is 0 Å². The predicted molar refractivity (Wildman–Crippen MR) is 361 cm³/mol. The Morgan fingerprint density at radius 3 is 1.28 bits per heavy atom. The van der Waals surface area contributed by atoms with Crippen molar-refractivity contribution in [3.05, 3.63) is 109 Å². The van der Waals surface area contributed by atoms with Crippen molar-refractivity contribution in [3.63, 3.8) is 0 Å². The lowest BCUT2D eigenvalue weighted by Crippen LogP contribution is -2.61. The number of esters is 1. The number of carbonyl (C=O) groups excluding carboxylic acids is 2. The topological polar surface area (TPSA) is 175 Å². The van der Waals surface area contributed by atoms with Gasteiger partial charge in [0.05, 0.1) is 25.4 Å². The van der Waals surface area contributed by atoms with Crippen LogP contribution >= 0.6 is 0 Å². The largest absolute Gasteiger partial charge is 0.454 e. The molecule has 0 aromatic heterocycles. The highest BCUT2D eigenvalue weighted by Gasteiger charge is 2.47. The highest BCUT2D eigenvalue weighted by atomic mass is 16.7. The van der Waals surface area contributed by atoms with Crippen LogP contribution in [-0.2, 0) is 23.8 Å². The summed E-state index contributed by atoms with van der Waals surface area (Å²) in [5.41, 5.74) is 0. The number of hydrogen-bond acceptors (Lipinski definition) is 10. The molecule has 0 saturated carbocycles. The number of amides is 1. The number of unbranched alkanes of at least 4 members (excludes halogenated alkanes) is 29. The van der Waals surface area contributed by atoms with Crippen molar-refractivity contribution in [2.75, 3.05) is 13.2 Å². The second-order valence-electron chi connectivity index (χ2n) is 23.9. The molecule has 86 heavy (non-hydrogen) atoms. The average molecular weight is 1200 g/mol. The molecule has 1 saturated heterocycles. The van der Waals surface area contributed by atoms with Crippen LogP contribution in [0.25, 0.3) is 0 Å². The molecular weight excluding hydrogens is 1070 g/mol. The number of ether oxygens (including phenoxy) is 3. The van der Waals surface area contributed by atoms with Crippen LogP contribution in [0.1, 0.15) is 290 Å². The molecule has 1 rings (SSSR count). The van der Waals surface area contributed by atoms with E-state index in [0.29, 0.717) is 12.8 Å². The summed E-state index contributed by atoms with van der Waals surface area (Å²) in [6, 6.07) is -1.05. The van der Waals surface area contributed by atoms with Gasteiger partial charge in [0.2, 0.25) is 5.91 Å². The molecule has 6 N–H and O–H groups in total.